The lowest BCUT2D eigenvalue weighted by Crippen LogP contribution is -2.30. The normalized spacial score (nSPS) is 31.8. The van der Waals surface area contributed by atoms with Crippen molar-refractivity contribution in [2.24, 2.45) is 17.8 Å². The first-order chi connectivity index (χ1) is 10.6. The third-order valence-corrected chi connectivity index (χ3v) is 5.90. The average molecular weight is 310 g/mol. The first-order valence-corrected chi connectivity index (χ1v) is 8.72. The van der Waals surface area contributed by atoms with Gasteiger partial charge in [-0.2, -0.15) is 0 Å². The molecule has 0 amide bonds. The molecule has 22 heavy (non-hydrogen) atoms. The second-order valence-corrected chi connectivity index (χ2v) is 7.30. The maximum atomic E-state index is 13.4. The van der Waals surface area contributed by atoms with Gasteiger partial charge in [0.1, 0.15) is 0 Å². The summed E-state index contributed by atoms with van der Waals surface area (Å²) in [6, 6.07) is 2.40. The molecule has 3 heteroatoms. The minimum Gasteiger partial charge on any atom is -0.204 e. The summed E-state index contributed by atoms with van der Waals surface area (Å²) in [5.41, 5.74) is 0.644. The first-order valence-electron chi connectivity index (χ1n) is 8.72. The van der Waals surface area contributed by atoms with Crippen LogP contribution in [0.15, 0.2) is 12.1 Å². The molecule has 4 atom stereocenters. The zero-order chi connectivity index (χ0) is 15.7. The minimum atomic E-state index is -1.35. The van der Waals surface area contributed by atoms with E-state index in [0.29, 0.717) is 11.5 Å². The smallest absolute Gasteiger partial charge is 0.194 e. The Morgan fingerprint density at radius 3 is 2.23 bits per heavy atom. The Hall–Kier alpha value is -0.990. The average Bonchev–Trinajstić information content (AvgIpc) is 2.52. The van der Waals surface area contributed by atoms with E-state index in [1.54, 1.807) is 0 Å². The highest BCUT2D eigenvalue weighted by Gasteiger charge is 2.36. The number of fused-ring (bicyclic) bond motifs is 1. The van der Waals surface area contributed by atoms with Crippen LogP contribution in [0.2, 0.25) is 0 Å². The number of hydrogen-bond acceptors (Lipinski definition) is 0. The van der Waals surface area contributed by atoms with Crippen LogP contribution in [0.3, 0.4) is 0 Å². The molecule has 2 saturated carbocycles. The maximum Gasteiger partial charge on any atom is 0.194 e. The summed E-state index contributed by atoms with van der Waals surface area (Å²) in [4.78, 5) is 0. The molecule has 0 saturated heterocycles. The van der Waals surface area contributed by atoms with Gasteiger partial charge >= 0.3 is 0 Å². The summed E-state index contributed by atoms with van der Waals surface area (Å²) in [5, 5.41) is 0. The van der Waals surface area contributed by atoms with Gasteiger partial charge < -0.3 is 0 Å². The highest BCUT2D eigenvalue weighted by atomic mass is 19.2. The number of halogens is 3. The fourth-order valence-corrected chi connectivity index (χ4v) is 4.77. The fraction of sp³-hybridized carbons (Fsp3) is 0.684. The molecule has 2 fully saturated rings. The van der Waals surface area contributed by atoms with E-state index < -0.39 is 17.5 Å². The molecule has 3 rings (SSSR count). The predicted molar refractivity (Wildman–Crippen MR) is 82.1 cm³/mol. The molecule has 0 bridgehead atoms. The van der Waals surface area contributed by atoms with Crippen molar-refractivity contribution in [2.75, 3.05) is 0 Å². The summed E-state index contributed by atoms with van der Waals surface area (Å²) in [7, 11) is 0. The molecule has 0 nitrogen and oxygen atoms in total. The van der Waals surface area contributed by atoms with E-state index in [1.807, 2.05) is 0 Å². The predicted octanol–water partition coefficient (Wildman–Crippen LogP) is 6.20. The SMILES string of the molecule is CCCC1CC[C@@H]2C[C@H](c3cc(F)c(F)c(F)c3)CC[C@@H]2C1. The quantitative estimate of drug-likeness (QED) is 0.583. The van der Waals surface area contributed by atoms with Gasteiger partial charge in [0.05, 0.1) is 0 Å². The Morgan fingerprint density at radius 1 is 0.909 bits per heavy atom. The van der Waals surface area contributed by atoms with E-state index in [2.05, 4.69) is 6.92 Å². The van der Waals surface area contributed by atoms with E-state index in [-0.39, 0.29) is 5.92 Å². The molecule has 0 aliphatic heterocycles. The Morgan fingerprint density at radius 2 is 1.55 bits per heavy atom. The molecule has 0 aromatic heterocycles. The third-order valence-electron chi connectivity index (χ3n) is 5.90. The Bertz CT molecular complexity index is 502. The molecule has 0 N–H and O–H groups in total. The number of hydrogen-bond donors (Lipinski definition) is 0. The van der Waals surface area contributed by atoms with Crippen LogP contribution < -0.4 is 0 Å². The Balaban J connectivity index is 1.68. The van der Waals surface area contributed by atoms with Crippen molar-refractivity contribution in [3.63, 3.8) is 0 Å². The van der Waals surface area contributed by atoms with Crippen LogP contribution in [-0.4, -0.2) is 0 Å². The first kappa shape index (κ1) is 15.9. The maximum absolute atomic E-state index is 13.4. The molecular formula is C19H25F3. The highest BCUT2D eigenvalue weighted by Crippen LogP contribution is 2.48. The summed E-state index contributed by atoms with van der Waals surface area (Å²) in [6.45, 7) is 2.25. The second kappa shape index (κ2) is 6.64. The van der Waals surface area contributed by atoms with Crippen LogP contribution in [-0.2, 0) is 0 Å². The fourth-order valence-electron chi connectivity index (χ4n) is 4.77. The van der Waals surface area contributed by atoms with Crippen molar-refractivity contribution >= 4 is 0 Å². The van der Waals surface area contributed by atoms with Crippen LogP contribution in [0.25, 0.3) is 0 Å². The largest absolute Gasteiger partial charge is 0.204 e. The summed E-state index contributed by atoms with van der Waals surface area (Å²) in [5.74, 6) is -0.915. The lowest BCUT2D eigenvalue weighted by molar-refractivity contribution is 0.114. The van der Waals surface area contributed by atoms with Gasteiger partial charge in [-0.15, -0.1) is 0 Å². The highest BCUT2D eigenvalue weighted by molar-refractivity contribution is 5.24. The van der Waals surface area contributed by atoms with E-state index in [1.165, 1.54) is 44.2 Å². The number of rotatable bonds is 3. The van der Waals surface area contributed by atoms with Gasteiger partial charge in [-0.05, 0) is 73.5 Å². The van der Waals surface area contributed by atoms with Crippen molar-refractivity contribution < 1.29 is 13.2 Å². The van der Waals surface area contributed by atoms with Gasteiger partial charge in [-0.3, -0.25) is 0 Å². The Labute approximate surface area is 131 Å². The monoisotopic (exact) mass is 310 g/mol. The minimum absolute atomic E-state index is 0.188. The van der Waals surface area contributed by atoms with Crippen molar-refractivity contribution in [1.82, 2.24) is 0 Å². The molecule has 0 heterocycles. The van der Waals surface area contributed by atoms with Crippen molar-refractivity contribution in [3.8, 4) is 0 Å². The van der Waals surface area contributed by atoms with Crippen LogP contribution in [0, 0.1) is 35.2 Å². The zero-order valence-corrected chi connectivity index (χ0v) is 13.3. The van der Waals surface area contributed by atoms with Crippen LogP contribution in [0.4, 0.5) is 13.2 Å². The standard InChI is InChI=1S/C19H25F3/c1-2-3-12-4-5-14-9-15(7-6-13(14)8-12)16-10-17(20)19(22)18(21)11-16/h10-15H,2-9H2,1H3/t12?,13-,14-,15-/m1/s1. The van der Waals surface area contributed by atoms with Crippen LogP contribution in [0.5, 0.6) is 0 Å². The van der Waals surface area contributed by atoms with Crippen LogP contribution >= 0.6 is 0 Å². The summed E-state index contributed by atoms with van der Waals surface area (Å²) < 4.78 is 40.0. The molecular weight excluding hydrogens is 285 g/mol. The lowest BCUT2D eigenvalue weighted by atomic mass is 9.63. The lowest BCUT2D eigenvalue weighted by Gasteiger charge is -2.42. The molecule has 2 aliphatic carbocycles. The molecule has 1 unspecified atom stereocenters. The van der Waals surface area contributed by atoms with Gasteiger partial charge in [-0.1, -0.05) is 26.2 Å². The topological polar surface area (TPSA) is 0 Å². The van der Waals surface area contributed by atoms with E-state index >= 15 is 0 Å². The molecule has 122 valence electrons. The van der Waals surface area contributed by atoms with Gasteiger partial charge in [0, 0.05) is 0 Å². The van der Waals surface area contributed by atoms with E-state index in [0.717, 1.165) is 31.1 Å². The number of benzene rings is 1. The van der Waals surface area contributed by atoms with Crippen molar-refractivity contribution in [2.45, 2.75) is 64.2 Å². The molecule has 0 spiro atoms. The van der Waals surface area contributed by atoms with Gasteiger partial charge in [0.25, 0.3) is 0 Å². The van der Waals surface area contributed by atoms with Crippen molar-refractivity contribution in [1.29, 1.82) is 0 Å². The van der Waals surface area contributed by atoms with Crippen LogP contribution in [0.1, 0.15) is 69.8 Å². The molecule has 2 aliphatic rings. The van der Waals surface area contributed by atoms with Gasteiger partial charge in [0.15, 0.2) is 17.5 Å². The van der Waals surface area contributed by atoms with Gasteiger partial charge in [-0.25, -0.2) is 13.2 Å². The Kier molecular flexibility index (Phi) is 4.79. The van der Waals surface area contributed by atoms with E-state index in [9.17, 15) is 13.2 Å². The molecule has 1 aromatic rings. The molecule has 0 radical (unpaired) electrons. The zero-order valence-electron chi connectivity index (χ0n) is 13.3. The third kappa shape index (κ3) is 3.18. The van der Waals surface area contributed by atoms with Crippen molar-refractivity contribution in [3.05, 3.63) is 35.1 Å². The summed E-state index contributed by atoms with van der Waals surface area (Å²) >= 11 is 0. The second-order valence-electron chi connectivity index (χ2n) is 7.30. The molecule has 1 aromatic carbocycles. The van der Waals surface area contributed by atoms with Gasteiger partial charge in [0.2, 0.25) is 0 Å². The van der Waals surface area contributed by atoms with E-state index in [4.69, 9.17) is 0 Å². The summed E-state index contributed by atoms with van der Waals surface area (Å²) in [6.07, 6.45) is 9.61.